The first kappa shape index (κ1) is 15.5. The summed E-state index contributed by atoms with van der Waals surface area (Å²) < 4.78 is 5.34. The number of unbranched alkanes of at least 4 members (excludes halogenated alkanes) is 1. The van der Waals surface area contributed by atoms with Crippen LogP contribution in [0.3, 0.4) is 0 Å². The maximum absolute atomic E-state index is 11.7. The lowest BCUT2D eigenvalue weighted by molar-refractivity contribution is -0.118. The van der Waals surface area contributed by atoms with E-state index < -0.39 is 0 Å². The van der Waals surface area contributed by atoms with Crippen molar-refractivity contribution in [3.05, 3.63) is 23.6 Å². The number of nitrogens with one attached hydrogen (secondary N) is 2. The first-order valence-corrected chi connectivity index (χ1v) is 8.36. The van der Waals surface area contributed by atoms with Gasteiger partial charge in [-0.1, -0.05) is 13.3 Å². The summed E-state index contributed by atoms with van der Waals surface area (Å²) in [7, 11) is 0. The Labute approximate surface area is 137 Å². The van der Waals surface area contributed by atoms with E-state index in [0.717, 1.165) is 24.1 Å². The molecule has 0 spiro atoms. The molecule has 7 heteroatoms. The third-order valence-electron chi connectivity index (χ3n) is 3.42. The number of carbonyl (C=O) groups excluding carboxylic acids is 2. The molecule has 1 aromatic carbocycles. The summed E-state index contributed by atoms with van der Waals surface area (Å²) in [5.41, 5.74) is 2.25. The highest BCUT2D eigenvalue weighted by atomic mass is 32.1. The number of aromatic nitrogens is 1. The van der Waals surface area contributed by atoms with Gasteiger partial charge in [0.25, 0.3) is 5.91 Å². The lowest BCUT2D eigenvalue weighted by Crippen LogP contribution is -2.25. The molecule has 0 bridgehead atoms. The number of amides is 2. The minimum absolute atomic E-state index is 0.0149. The van der Waals surface area contributed by atoms with Gasteiger partial charge in [-0.3, -0.25) is 9.59 Å². The SMILES string of the molecule is CCCCC(=O)Nc1nc(-c2ccc3c(c2)NC(=O)CO3)cs1. The predicted octanol–water partition coefficient (Wildman–Crippen LogP) is 3.27. The molecular formula is C16H17N3O3S. The van der Waals surface area contributed by atoms with E-state index >= 15 is 0 Å². The van der Waals surface area contributed by atoms with Gasteiger partial charge in [0.05, 0.1) is 11.4 Å². The molecule has 2 N–H and O–H groups in total. The Morgan fingerprint density at radius 2 is 2.35 bits per heavy atom. The molecule has 0 saturated carbocycles. The van der Waals surface area contributed by atoms with Crippen LogP contribution in [0.5, 0.6) is 5.75 Å². The fraction of sp³-hybridized carbons (Fsp3) is 0.312. The minimum Gasteiger partial charge on any atom is -0.482 e. The molecule has 120 valence electrons. The standard InChI is InChI=1S/C16H17N3O3S/c1-2-3-4-14(20)19-16-18-12(9-23-16)10-5-6-13-11(7-10)17-15(21)8-22-13/h5-7,9H,2-4,8H2,1H3,(H,17,21)(H,18,19,20). The largest absolute Gasteiger partial charge is 0.482 e. The second-order valence-electron chi connectivity index (χ2n) is 5.24. The van der Waals surface area contributed by atoms with Crippen molar-refractivity contribution in [2.45, 2.75) is 26.2 Å². The molecule has 2 amide bonds. The van der Waals surface area contributed by atoms with Crippen molar-refractivity contribution in [3.8, 4) is 17.0 Å². The Morgan fingerprint density at radius 1 is 1.48 bits per heavy atom. The zero-order chi connectivity index (χ0) is 16.2. The van der Waals surface area contributed by atoms with E-state index in [1.165, 1.54) is 11.3 Å². The van der Waals surface area contributed by atoms with Crippen LogP contribution in [0.1, 0.15) is 26.2 Å². The Bertz CT molecular complexity index is 742. The maximum atomic E-state index is 11.7. The molecule has 0 aliphatic carbocycles. The van der Waals surface area contributed by atoms with E-state index in [9.17, 15) is 9.59 Å². The third-order valence-corrected chi connectivity index (χ3v) is 4.17. The van der Waals surface area contributed by atoms with Crippen LogP contribution in [0.25, 0.3) is 11.3 Å². The average molecular weight is 331 g/mol. The zero-order valence-corrected chi connectivity index (χ0v) is 13.5. The van der Waals surface area contributed by atoms with Crippen LogP contribution >= 0.6 is 11.3 Å². The molecule has 1 aromatic heterocycles. The molecule has 1 aliphatic heterocycles. The van der Waals surface area contributed by atoms with Crippen molar-refractivity contribution in [2.24, 2.45) is 0 Å². The van der Waals surface area contributed by atoms with E-state index in [1.54, 1.807) is 0 Å². The topological polar surface area (TPSA) is 80.3 Å². The van der Waals surface area contributed by atoms with Gasteiger partial charge in [-0.25, -0.2) is 4.98 Å². The Kier molecular flexibility index (Phi) is 4.57. The van der Waals surface area contributed by atoms with Crippen LogP contribution in [0.15, 0.2) is 23.6 Å². The highest BCUT2D eigenvalue weighted by Crippen LogP contribution is 2.33. The number of anilines is 2. The predicted molar refractivity (Wildman–Crippen MR) is 89.8 cm³/mol. The van der Waals surface area contributed by atoms with Gasteiger partial charge in [0.1, 0.15) is 5.75 Å². The Balaban J connectivity index is 1.74. The molecular weight excluding hydrogens is 314 g/mol. The lowest BCUT2D eigenvalue weighted by Gasteiger charge is -2.18. The molecule has 6 nitrogen and oxygen atoms in total. The lowest BCUT2D eigenvalue weighted by atomic mass is 10.1. The summed E-state index contributed by atoms with van der Waals surface area (Å²) in [5, 5.41) is 8.04. The van der Waals surface area contributed by atoms with Crippen molar-refractivity contribution in [1.82, 2.24) is 4.98 Å². The van der Waals surface area contributed by atoms with Gasteiger partial charge in [0.2, 0.25) is 5.91 Å². The maximum Gasteiger partial charge on any atom is 0.262 e. The molecule has 0 saturated heterocycles. The first-order chi connectivity index (χ1) is 11.2. The normalized spacial score (nSPS) is 13.0. The number of ether oxygens (including phenoxy) is 1. The van der Waals surface area contributed by atoms with Crippen LogP contribution in [0, 0.1) is 0 Å². The second-order valence-corrected chi connectivity index (χ2v) is 6.10. The van der Waals surface area contributed by atoms with Crippen LogP contribution in [0.4, 0.5) is 10.8 Å². The van der Waals surface area contributed by atoms with Gasteiger partial charge in [-0.2, -0.15) is 0 Å². The number of carbonyl (C=O) groups is 2. The van der Waals surface area contributed by atoms with Crippen molar-refractivity contribution in [1.29, 1.82) is 0 Å². The smallest absolute Gasteiger partial charge is 0.262 e. The van der Waals surface area contributed by atoms with E-state index in [0.29, 0.717) is 23.0 Å². The number of hydrogen-bond donors (Lipinski definition) is 2. The van der Waals surface area contributed by atoms with Gasteiger partial charge in [-0.05, 0) is 24.6 Å². The van der Waals surface area contributed by atoms with Crippen molar-refractivity contribution < 1.29 is 14.3 Å². The molecule has 0 unspecified atom stereocenters. The average Bonchev–Trinajstić information content (AvgIpc) is 3.00. The number of fused-ring (bicyclic) bond motifs is 1. The second kappa shape index (κ2) is 6.78. The third kappa shape index (κ3) is 3.68. The number of nitrogens with zero attached hydrogens (tertiary/aromatic N) is 1. The summed E-state index contributed by atoms with van der Waals surface area (Å²) in [6.07, 6.45) is 2.36. The molecule has 0 radical (unpaired) electrons. The monoisotopic (exact) mass is 331 g/mol. The van der Waals surface area contributed by atoms with Gasteiger partial charge < -0.3 is 15.4 Å². The van der Waals surface area contributed by atoms with Gasteiger partial charge in [0, 0.05) is 17.4 Å². The fourth-order valence-corrected chi connectivity index (χ4v) is 2.96. The summed E-state index contributed by atoms with van der Waals surface area (Å²) in [6, 6.07) is 5.52. The molecule has 3 rings (SSSR count). The molecule has 1 aliphatic rings. The van der Waals surface area contributed by atoms with Gasteiger partial charge >= 0.3 is 0 Å². The van der Waals surface area contributed by atoms with Crippen molar-refractivity contribution >= 4 is 34.0 Å². The number of hydrogen-bond acceptors (Lipinski definition) is 5. The summed E-state index contributed by atoms with van der Waals surface area (Å²) in [6.45, 7) is 2.09. The van der Waals surface area contributed by atoms with Gasteiger partial charge in [0.15, 0.2) is 11.7 Å². The molecule has 23 heavy (non-hydrogen) atoms. The summed E-state index contributed by atoms with van der Waals surface area (Å²) in [5.74, 6) is 0.465. The van der Waals surface area contributed by atoms with Crippen LogP contribution in [-0.2, 0) is 9.59 Å². The van der Waals surface area contributed by atoms with Crippen LogP contribution < -0.4 is 15.4 Å². The van der Waals surface area contributed by atoms with E-state index in [-0.39, 0.29) is 18.4 Å². The molecule has 0 fully saturated rings. The van der Waals surface area contributed by atoms with E-state index in [2.05, 4.69) is 15.6 Å². The van der Waals surface area contributed by atoms with Crippen molar-refractivity contribution in [2.75, 3.05) is 17.2 Å². The molecule has 0 atom stereocenters. The number of benzene rings is 1. The van der Waals surface area contributed by atoms with Gasteiger partial charge in [-0.15, -0.1) is 11.3 Å². The fourth-order valence-electron chi connectivity index (χ4n) is 2.23. The summed E-state index contributed by atoms with van der Waals surface area (Å²) in [4.78, 5) is 27.6. The zero-order valence-electron chi connectivity index (χ0n) is 12.7. The quantitative estimate of drug-likeness (QED) is 0.881. The number of rotatable bonds is 5. The number of thiazole rings is 1. The molecule has 2 aromatic rings. The first-order valence-electron chi connectivity index (χ1n) is 7.48. The van der Waals surface area contributed by atoms with E-state index in [1.807, 2.05) is 30.5 Å². The Hall–Kier alpha value is -2.41. The van der Waals surface area contributed by atoms with Crippen LogP contribution in [-0.4, -0.2) is 23.4 Å². The highest BCUT2D eigenvalue weighted by Gasteiger charge is 2.17. The minimum atomic E-state index is -0.170. The van der Waals surface area contributed by atoms with Crippen LogP contribution in [0.2, 0.25) is 0 Å². The summed E-state index contributed by atoms with van der Waals surface area (Å²) >= 11 is 1.38. The molecule has 2 heterocycles. The highest BCUT2D eigenvalue weighted by molar-refractivity contribution is 7.14. The van der Waals surface area contributed by atoms with E-state index in [4.69, 9.17) is 4.74 Å². The van der Waals surface area contributed by atoms with Crippen molar-refractivity contribution in [3.63, 3.8) is 0 Å². The Morgan fingerprint density at radius 3 is 3.17 bits per heavy atom.